The first-order valence-corrected chi connectivity index (χ1v) is 8.09. The van der Waals surface area contributed by atoms with E-state index >= 15 is 0 Å². The van der Waals surface area contributed by atoms with E-state index in [-0.39, 0.29) is 0 Å². The van der Waals surface area contributed by atoms with Crippen molar-refractivity contribution in [3.63, 3.8) is 0 Å². The summed E-state index contributed by atoms with van der Waals surface area (Å²) in [6.07, 6.45) is 5.44. The van der Waals surface area contributed by atoms with E-state index in [0.29, 0.717) is 6.04 Å². The molecule has 2 heteroatoms. The molecule has 1 N–H and O–H groups in total. The highest BCUT2D eigenvalue weighted by Crippen LogP contribution is 2.32. The predicted molar refractivity (Wildman–Crippen MR) is 88.4 cm³/mol. The van der Waals surface area contributed by atoms with E-state index in [1.807, 2.05) is 0 Å². The molecule has 1 aromatic carbocycles. The molecule has 3 unspecified atom stereocenters. The molecule has 0 amide bonds. The molecule has 1 aromatic rings. The molecule has 0 heterocycles. The number of benzene rings is 1. The Labute approximate surface area is 124 Å². The Balaban J connectivity index is 2.00. The van der Waals surface area contributed by atoms with Crippen molar-refractivity contribution in [3.05, 3.63) is 29.8 Å². The number of hydrogen-bond acceptors (Lipinski definition) is 2. The summed E-state index contributed by atoms with van der Waals surface area (Å²) >= 11 is 0. The van der Waals surface area contributed by atoms with E-state index in [9.17, 15) is 0 Å². The maximum Gasteiger partial charge on any atom is 0.0363 e. The van der Waals surface area contributed by atoms with Gasteiger partial charge in [-0.2, -0.15) is 0 Å². The van der Waals surface area contributed by atoms with Gasteiger partial charge in [0.15, 0.2) is 0 Å². The molecule has 0 radical (unpaired) electrons. The van der Waals surface area contributed by atoms with E-state index in [0.717, 1.165) is 18.4 Å². The van der Waals surface area contributed by atoms with E-state index in [2.05, 4.69) is 62.4 Å². The van der Waals surface area contributed by atoms with Crippen LogP contribution in [0.5, 0.6) is 0 Å². The standard InChI is InChI=1S/C18H30N2/c1-5-15-8-11-18(19-3)16(12-15)13-20(4)17-9-6-14(2)7-10-17/h6-7,9-10,15-16,18-19H,5,8,11-13H2,1-4H3. The number of nitrogens with one attached hydrogen (secondary N) is 1. The van der Waals surface area contributed by atoms with Crippen molar-refractivity contribution in [1.82, 2.24) is 5.32 Å². The minimum absolute atomic E-state index is 0.686. The van der Waals surface area contributed by atoms with Crippen LogP contribution in [0.25, 0.3) is 0 Å². The van der Waals surface area contributed by atoms with Crippen LogP contribution in [0.15, 0.2) is 24.3 Å². The zero-order valence-corrected chi connectivity index (χ0v) is 13.5. The summed E-state index contributed by atoms with van der Waals surface area (Å²) in [7, 11) is 4.35. The van der Waals surface area contributed by atoms with Gasteiger partial charge >= 0.3 is 0 Å². The third-order valence-corrected chi connectivity index (χ3v) is 5.02. The molecular formula is C18H30N2. The first-order valence-electron chi connectivity index (χ1n) is 8.09. The summed E-state index contributed by atoms with van der Waals surface area (Å²) in [5.41, 5.74) is 2.67. The Hall–Kier alpha value is -1.02. The van der Waals surface area contributed by atoms with Gasteiger partial charge in [0.05, 0.1) is 0 Å². The molecule has 0 aromatic heterocycles. The van der Waals surface area contributed by atoms with Crippen LogP contribution in [0.1, 0.15) is 38.2 Å². The third-order valence-electron chi connectivity index (χ3n) is 5.02. The second-order valence-electron chi connectivity index (χ2n) is 6.46. The maximum atomic E-state index is 3.54. The van der Waals surface area contributed by atoms with Crippen LogP contribution < -0.4 is 10.2 Å². The normalized spacial score (nSPS) is 26.5. The SMILES string of the molecule is CCC1CCC(NC)C(CN(C)c2ccc(C)cc2)C1. The lowest BCUT2D eigenvalue weighted by Gasteiger charge is -2.38. The maximum absolute atomic E-state index is 3.54. The van der Waals surface area contributed by atoms with Crippen molar-refractivity contribution >= 4 is 5.69 Å². The molecule has 20 heavy (non-hydrogen) atoms. The number of hydrogen-bond donors (Lipinski definition) is 1. The molecule has 1 saturated carbocycles. The van der Waals surface area contributed by atoms with Crippen LogP contribution in [0, 0.1) is 18.8 Å². The first-order chi connectivity index (χ1) is 9.63. The Bertz CT molecular complexity index is 398. The largest absolute Gasteiger partial charge is 0.374 e. The number of anilines is 1. The van der Waals surface area contributed by atoms with E-state index in [1.165, 1.54) is 36.9 Å². The van der Waals surface area contributed by atoms with Gasteiger partial charge in [0.25, 0.3) is 0 Å². The molecule has 0 saturated heterocycles. The van der Waals surface area contributed by atoms with Gasteiger partial charge in [0.2, 0.25) is 0 Å². The topological polar surface area (TPSA) is 15.3 Å². The van der Waals surface area contributed by atoms with Crippen molar-refractivity contribution in [3.8, 4) is 0 Å². The molecule has 0 bridgehead atoms. The Morgan fingerprint density at radius 1 is 1.20 bits per heavy atom. The molecule has 112 valence electrons. The van der Waals surface area contributed by atoms with Crippen molar-refractivity contribution < 1.29 is 0 Å². The second kappa shape index (κ2) is 7.12. The summed E-state index contributed by atoms with van der Waals surface area (Å²) < 4.78 is 0. The quantitative estimate of drug-likeness (QED) is 0.877. The number of rotatable bonds is 5. The van der Waals surface area contributed by atoms with E-state index in [4.69, 9.17) is 0 Å². The summed E-state index contributed by atoms with van der Waals surface area (Å²) in [5, 5.41) is 3.54. The third kappa shape index (κ3) is 3.76. The van der Waals surface area contributed by atoms with Crippen molar-refractivity contribution in [2.24, 2.45) is 11.8 Å². The fraction of sp³-hybridized carbons (Fsp3) is 0.667. The molecule has 0 spiro atoms. The molecule has 3 atom stereocenters. The van der Waals surface area contributed by atoms with Crippen LogP contribution >= 0.6 is 0 Å². The minimum atomic E-state index is 0.686. The van der Waals surface area contributed by atoms with Crippen LogP contribution in [0.4, 0.5) is 5.69 Å². The van der Waals surface area contributed by atoms with Crippen molar-refractivity contribution in [2.75, 3.05) is 25.5 Å². The minimum Gasteiger partial charge on any atom is -0.374 e. The summed E-state index contributed by atoms with van der Waals surface area (Å²) in [5.74, 6) is 1.70. The monoisotopic (exact) mass is 274 g/mol. The summed E-state index contributed by atoms with van der Waals surface area (Å²) in [6.45, 7) is 5.64. The highest BCUT2D eigenvalue weighted by molar-refractivity contribution is 5.46. The van der Waals surface area contributed by atoms with Crippen LogP contribution in [-0.4, -0.2) is 26.7 Å². The van der Waals surface area contributed by atoms with Crippen LogP contribution in [0.3, 0.4) is 0 Å². The summed E-state index contributed by atoms with van der Waals surface area (Å²) in [4.78, 5) is 2.42. The first kappa shape index (κ1) is 15.4. The predicted octanol–water partition coefficient (Wildman–Crippen LogP) is 3.85. The van der Waals surface area contributed by atoms with Gasteiger partial charge in [-0.15, -0.1) is 0 Å². The lowest BCUT2D eigenvalue weighted by Crippen LogP contribution is -2.43. The van der Waals surface area contributed by atoms with Gasteiger partial charge in [-0.3, -0.25) is 0 Å². The van der Waals surface area contributed by atoms with Crippen molar-refractivity contribution in [2.45, 2.75) is 45.6 Å². The van der Waals surface area contributed by atoms with Gasteiger partial charge in [0, 0.05) is 25.3 Å². The van der Waals surface area contributed by atoms with Gasteiger partial charge in [0.1, 0.15) is 0 Å². The lowest BCUT2D eigenvalue weighted by molar-refractivity contribution is 0.210. The molecular weight excluding hydrogens is 244 g/mol. The fourth-order valence-corrected chi connectivity index (χ4v) is 3.57. The molecule has 1 aliphatic rings. The Morgan fingerprint density at radius 3 is 2.50 bits per heavy atom. The molecule has 0 aliphatic heterocycles. The van der Waals surface area contributed by atoms with Crippen LogP contribution in [0.2, 0.25) is 0 Å². The lowest BCUT2D eigenvalue weighted by atomic mass is 9.76. The highest BCUT2D eigenvalue weighted by Gasteiger charge is 2.29. The summed E-state index contributed by atoms with van der Waals surface area (Å²) in [6, 6.07) is 9.58. The molecule has 2 rings (SSSR count). The average molecular weight is 274 g/mol. The number of nitrogens with zero attached hydrogens (tertiary/aromatic N) is 1. The van der Waals surface area contributed by atoms with Crippen molar-refractivity contribution in [1.29, 1.82) is 0 Å². The highest BCUT2D eigenvalue weighted by atomic mass is 15.1. The zero-order valence-electron chi connectivity index (χ0n) is 13.5. The molecule has 1 aliphatic carbocycles. The molecule has 2 nitrogen and oxygen atoms in total. The second-order valence-corrected chi connectivity index (χ2v) is 6.46. The van der Waals surface area contributed by atoms with Gasteiger partial charge in [-0.1, -0.05) is 31.0 Å². The zero-order chi connectivity index (χ0) is 14.5. The Kier molecular flexibility index (Phi) is 5.47. The van der Waals surface area contributed by atoms with E-state index < -0.39 is 0 Å². The van der Waals surface area contributed by atoms with Gasteiger partial charge in [-0.05, 0) is 57.2 Å². The fourth-order valence-electron chi connectivity index (χ4n) is 3.57. The number of aryl methyl sites for hydroxylation is 1. The Morgan fingerprint density at radius 2 is 1.90 bits per heavy atom. The smallest absolute Gasteiger partial charge is 0.0363 e. The van der Waals surface area contributed by atoms with Gasteiger partial charge < -0.3 is 10.2 Å². The molecule has 1 fully saturated rings. The van der Waals surface area contributed by atoms with E-state index in [1.54, 1.807) is 0 Å². The van der Waals surface area contributed by atoms with Crippen LogP contribution in [-0.2, 0) is 0 Å². The average Bonchev–Trinajstić information content (AvgIpc) is 2.47. The van der Waals surface area contributed by atoms with Gasteiger partial charge in [-0.25, -0.2) is 0 Å².